The van der Waals surface area contributed by atoms with Gasteiger partial charge in [-0.25, -0.2) is 0 Å². The Hall–Kier alpha value is -2.57. The van der Waals surface area contributed by atoms with E-state index >= 15 is 0 Å². The third kappa shape index (κ3) is 4.29. The minimum Gasteiger partial charge on any atom is -0.336 e. The van der Waals surface area contributed by atoms with Gasteiger partial charge in [-0.15, -0.1) is 5.10 Å². The van der Waals surface area contributed by atoms with Crippen LogP contribution in [0.25, 0.3) is 0 Å². The lowest BCUT2D eigenvalue weighted by Gasteiger charge is -2.31. The molecule has 1 aliphatic carbocycles. The minimum absolute atomic E-state index is 0.0616. The number of rotatable bonds is 5. The summed E-state index contributed by atoms with van der Waals surface area (Å²) in [5.41, 5.74) is 0.991. The van der Waals surface area contributed by atoms with Crippen molar-refractivity contribution in [2.45, 2.75) is 51.5 Å². The highest BCUT2D eigenvalue weighted by atomic mass is 16.2. The minimum atomic E-state index is -0.181. The van der Waals surface area contributed by atoms with Gasteiger partial charge in [-0.1, -0.05) is 24.5 Å². The van der Waals surface area contributed by atoms with Crippen LogP contribution in [0.1, 0.15) is 65.8 Å². The maximum atomic E-state index is 12.9. The van der Waals surface area contributed by atoms with Crippen LogP contribution in [-0.2, 0) is 6.54 Å². The van der Waals surface area contributed by atoms with Crippen molar-refractivity contribution in [2.24, 2.45) is 11.8 Å². The van der Waals surface area contributed by atoms with E-state index in [-0.39, 0.29) is 17.6 Å². The zero-order valence-corrected chi connectivity index (χ0v) is 16.2. The Bertz CT molecular complexity index is 813. The number of hydrogen-bond donors (Lipinski definition) is 0. The molecule has 0 spiro atoms. The maximum Gasteiger partial charge on any atom is 0.276 e. The third-order valence-corrected chi connectivity index (χ3v) is 5.95. The van der Waals surface area contributed by atoms with Crippen LogP contribution in [0.15, 0.2) is 30.7 Å². The monoisotopic (exact) mass is 381 g/mol. The maximum absolute atomic E-state index is 12.9. The number of hydrogen-bond acceptors (Lipinski definition) is 5. The highest BCUT2D eigenvalue weighted by Crippen LogP contribution is 2.25. The molecule has 148 valence electrons. The fourth-order valence-electron chi connectivity index (χ4n) is 4.40. The number of likely N-dealkylation sites (tertiary alicyclic amines) is 1. The average Bonchev–Trinajstić information content (AvgIpc) is 3.22. The molecule has 0 radical (unpaired) electrons. The van der Waals surface area contributed by atoms with Crippen LogP contribution in [0.4, 0.5) is 0 Å². The molecule has 1 saturated carbocycles. The first-order valence-electron chi connectivity index (χ1n) is 10.3. The van der Waals surface area contributed by atoms with Crippen LogP contribution >= 0.6 is 0 Å². The summed E-state index contributed by atoms with van der Waals surface area (Å²) in [7, 11) is 0. The van der Waals surface area contributed by atoms with Gasteiger partial charge in [0, 0.05) is 43.5 Å². The van der Waals surface area contributed by atoms with Gasteiger partial charge in [-0.3, -0.25) is 19.3 Å². The Kier molecular flexibility index (Phi) is 5.78. The van der Waals surface area contributed by atoms with Gasteiger partial charge in [0.25, 0.3) is 5.91 Å². The molecule has 3 heterocycles. The Morgan fingerprint density at radius 2 is 1.96 bits per heavy atom. The SMILES string of the molecule is O=C(c1cccnc1)[C@H]1CCCN(C(=O)c2cn(CC3CCCCC3)nn2)C1. The molecule has 2 fully saturated rings. The van der Waals surface area contributed by atoms with Crippen LogP contribution in [0.2, 0.25) is 0 Å². The van der Waals surface area contributed by atoms with Gasteiger partial charge in [0.05, 0.1) is 6.20 Å². The Balaban J connectivity index is 1.38. The van der Waals surface area contributed by atoms with Crippen molar-refractivity contribution in [3.8, 4) is 0 Å². The fraction of sp³-hybridized carbons (Fsp3) is 0.571. The van der Waals surface area contributed by atoms with Crippen LogP contribution in [0.3, 0.4) is 0 Å². The lowest BCUT2D eigenvalue weighted by Crippen LogP contribution is -2.42. The summed E-state index contributed by atoms with van der Waals surface area (Å²) in [6.07, 6.45) is 13.0. The van der Waals surface area contributed by atoms with E-state index in [1.807, 2.05) is 4.68 Å². The number of aromatic nitrogens is 4. The number of pyridine rings is 1. The summed E-state index contributed by atoms with van der Waals surface area (Å²) in [5, 5.41) is 8.28. The molecule has 2 aromatic heterocycles. The zero-order chi connectivity index (χ0) is 19.3. The van der Waals surface area contributed by atoms with E-state index in [9.17, 15) is 9.59 Å². The molecule has 0 bridgehead atoms. The molecular formula is C21H27N5O2. The summed E-state index contributed by atoms with van der Waals surface area (Å²) in [5.74, 6) is 0.388. The van der Waals surface area contributed by atoms with Crippen molar-refractivity contribution in [1.82, 2.24) is 24.9 Å². The van der Waals surface area contributed by atoms with Gasteiger partial charge >= 0.3 is 0 Å². The van der Waals surface area contributed by atoms with Gasteiger partial charge in [0.2, 0.25) is 0 Å². The first-order chi connectivity index (χ1) is 13.7. The van der Waals surface area contributed by atoms with Crippen LogP contribution in [0, 0.1) is 11.8 Å². The molecule has 1 atom stereocenters. The summed E-state index contributed by atoms with van der Waals surface area (Å²) in [4.78, 5) is 31.4. The number of carbonyl (C=O) groups excluding carboxylic acids is 2. The predicted molar refractivity (Wildman–Crippen MR) is 104 cm³/mol. The molecule has 2 aromatic rings. The number of ketones is 1. The van der Waals surface area contributed by atoms with E-state index in [1.54, 1.807) is 35.6 Å². The second-order valence-electron chi connectivity index (χ2n) is 8.03. The fourth-order valence-corrected chi connectivity index (χ4v) is 4.40. The first-order valence-corrected chi connectivity index (χ1v) is 10.3. The lowest BCUT2D eigenvalue weighted by atomic mass is 9.89. The second-order valence-corrected chi connectivity index (χ2v) is 8.03. The largest absolute Gasteiger partial charge is 0.336 e. The van der Waals surface area contributed by atoms with Crippen LogP contribution < -0.4 is 0 Å². The van der Waals surface area contributed by atoms with Crippen LogP contribution in [0.5, 0.6) is 0 Å². The number of Topliss-reactive ketones (excluding diaryl/α,β-unsaturated/α-hetero) is 1. The summed E-state index contributed by atoms with van der Waals surface area (Å²) < 4.78 is 1.81. The van der Waals surface area contributed by atoms with E-state index in [1.165, 1.54) is 32.1 Å². The number of carbonyl (C=O) groups is 2. The molecular weight excluding hydrogens is 354 g/mol. The van der Waals surface area contributed by atoms with Gasteiger partial charge in [0.15, 0.2) is 11.5 Å². The molecule has 1 amide bonds. The number of amides is 1. The van der Waals surface area contributed by atoms with Gasteiger partial charge < -0.3 is 4.90 Å². The summed E-state index contributed by atoms with van der Waals surface area (Å²) in [6, 6.07) is 3.55. The Morgan fingerprint density at radius 1 is 1.11 bits per heavy atom. The van der Waals surface area contributed by atoms with E-state index in [2.05, 4.69) is 15.3 Å². The molecule has 7 heteroatoms. The van der Waals surface area contributed by atoms with Crippen molar-refractivity contribution in [1.29, 1.82) is 0 Å². The van der Waals surface area contributed by atoms with E-state index in [0.717, 1.165) is 19.4 Å². The molecule has 2 aliphatic rings. The zero-order valence-electron chi connectivity index (χ0n) is 16.2. The van der Waals surface area contributed by atoms with Crippen molar-refractivity contribution in [3.63, 3.8) is 0 Å². The van der Waals surface area contributed by atoms with Gasteiger partial charge in [-0.2, -0.15) is 0 Å². The molecule has 1 saturated heterocycles. The van der Waals surface area contributed by atoms with Crippen molar-refractivity contribution in [3.05, 3.63) is 42.0 Å². The van der Waals surface area contributed by atoms with Crippen LogP contribution in [-0.4, -0.2) is 49.7 Å². The number of piperidine rings is 1. The van der Waals surface area contributed by atoms with Crippen molar-refractivity contribution < 1.29 is 9.59 Å². The second kappa shape index (κ2) is 8.63. The summed E-state index contributed by atoms with van der Waals surface area (Å²) >= 11 is 0. The van der Waals surface area contributed by atoms with Gasteiger partial charge in [-0.05, 0) is 43.7 Å². The van der Waals surface area contributed by atoms with E-state index in [0.29, 0.717) is 30.3 Å². The highest BCUT2D eigenvalue weighted by Gasteiger charge is 2.30. The average molecular weight is 381 g/mol. The molecule has 0 N–H and O–H groups in total. The standard InChI is InChI=1S/C21H27N5O2/c27-20(17-8-4-10-22-12-17)18-9-5-11-25(14-18)21(28)19-15-26(24-23-19)13-16-6-2-1-3-7-16/h4,8,10,12,15-16,18H,1-3,5-7,9,11,13-14H2/t18-/m0/s1. The normalized spacial score (nSPS) is 20.9. The first kappa shape index (κ1) is 18.8. The molecule has 0 unspecified atom stereocenters. The smallest absolute Gasteiger partial charge is 0.276 e. The highest BCUT2D eigenvalue weighted by molar-refractivity contribution is 5.98. The quantitative estimate of drug-likeness (QED) is 0.744. The molecule has 28 heavy (non-hydrogen) atoms. The third-order valence-electron chi connectivity index (χ3n) is 5.95. The lowest BCUT2D eigenvalue weighted by molar-refractivity contribution is 0.0632. The molecule has 4 rings (SSSR count). The van der Waals surface area contributed by atoms with Crippen molar-refractivity contribution >= 4 is 11.7 Å². The van der Waals surface area contributed by atoms with Crippen molar-refractivity contribution in [2.75, 3.05) is 13.1 Å². The molecule has 0 aromatic carbocycles. The Labute approximate surface area is 165 Å². The topological polar surface area (TPSA) is 81.0 Å². The Morgan fingerprint density at radius 3 is 2.75 bits per heavy atom. The van der Waals surface area contributed by atoms with Gasteiger partial charge in [0.1, 0.15) is 0 Å². The van der Waals surface area contributed by atoms with E-state index < -0.39 is 0 Å². The predicted octanol–water partition coefficient (Wildman–Crippen LogP) is 2.99. The summed E-state index contributed by atoms with van der Waals surface area (Å²) in [6.45, 7) is 1.93. The van der Waals surface area contributed by atoms with E-state index in [4.69, 9.17) is 0 Å². The number of nitrogens with zero attached hydrogens (tertiary/aromatic N) is 5. The molecule has 1 aliphatic heterocycles. The molecule has 7 nitrogen and oxygen atoms in total.